The summed E-state index contributed by atoms with van der Waals surface area (Å²) in [6.45, 7) is 3.12. The molecule has 1 aliphatic heterocycles. The summed E-state index contributed by atoms with van der Waals surface area (Å²) in [5, 5.41) is 4.81. The summed E-state index contributed by atoms with van der Waals surface area (Å²) in [4.78, 5) is 25.2. The Morgan fingerprint density at radius 3 is 2.80 bits per heavy atom. The van der Waals surface area contributed by atoms with Gasteiger partial charge in [-0.2, -0.15) is 0 Å². The fraction of sp³-hybridized carbons (Fsp3) is 0.304. The van der Waals surface area contributed by atoms with E-state index in [9.17, 15) is 4.79 Å². The van der Waals surface area contributed by atoms with Crippen LogP contribution in [0.4, 0.5) is 0 Å². The van der Waals surface area contributed by atoms with Crippen molar-refractivity contribution in [2.45, 2.75) is 32.0 Å². The minimum atomic E-state index is -0.0664. The average Bonchev–Trinajstić information content (AvgIpc) is 3.50. The molecular formula is C23H23N3O2S2. The number of benzene rings is 1. The molecule has 4 aromatic rings. The average molecular weight is 438 g/mol. The van der Waals surface area contributed by atoms with Crippen molar-refractivity contribution in [2.75, 3.05) is 13.2 Å². The van der Waals surface area contributed by atoms with Crippen LogP contribution in [0.25, 0.3) is 21.3 Å². The summed E-state index contributed by atoms with van der Waals surface area (Å²) in [6.07, 6.45) is 2.47. The molecule has 0 unspecified atom stereocenters. The van der Waals surface area contributed by atoms with Crippen molar-refractivity contribution in [3.05, 3.63) is 74.3 Å². The topological polar surface area (TPSA) is 58.2 Å². The number of hydrogen-bond acceptors (Lipinski definition) is 6. The highest BCUT2D eigenvalue weighted by molar-refractivity contribution is 7.17. The lowest BCUT2D eigenvalue weighted by Gasteiger charge is -2.24. The lowest BCUT2D eigenvalue weighted by atomic mass is 10.1. The highest BCUT2D eigenvalue weighted by atomic mass is 32.1. The Hall–Kier alpha value is -2.32. The third-order valence-electron chi connectivity index (χ3n) is 5.40. The monoisotopic (exact) mass is 437 g/mol. The number of aromatic amines is 1. The second kappa shape index (κ2) is 8.81. The smallest absolute Gasteiger partial charge is 0.260 e. The van der Waals surface area contributed by atoms with Gasteiger partial charge < -0.3 is 9.72 Å². The van der Waals surface area contributed by atoms with Crippen molar-refractivity contribution < 1.29 is 4.74 Å². The second-order valence-electron chi connectivity index (χ2n) is 7.59. The van der Waals surface area contributed by atoms with E-state index in [2.05, 4.69) is 27.4 Å². The van der Waals surface area contributed by atoms with E-state index in [1.54, 1.807) is 11.3 Å². The Morgan fingerprint density at radius 2 is 2.03 bits per heavy atom. The van der Waals surface area contributed by atoms with Crippen molar-refractivity contribution >= 4 is 32.9 Å². The summed E-state index contributed by atoms with van der Waals surface area (Å²) in [7, 11) is 0. The van der Waals surface area contributed by atoms with Crippen LogP contribution in [-0.4, -0.2) is 34.1 Å². The van der Waals surface area contributed by atoms with Crippen LogP contribution in [0.3, 0.4) is 0 Å². The van der Waals surface area contributed by atoms with Gasteiger partial charge in [-0.05, 0) is 29.9 Å². The second-order valence-corrected chi connectivity index (χ2v) is 9.48. The number of fused-ring (bicyclic) bond motifs is 1. The maximum absolute atomic E-state index is 13.0. The fourth-order valence-corrected chi connectivity index (χ4v) is 5.71. The van der Waals surface area contributed by atoms with Crippen molar-refractivity contribution in [1.82, 2.24) is 14.9 Å². The third-order valence-corrected chi connectivity index (χ3v) is 7.13. The van der Waals surface area contributed by atoms with Crippen LogP contribution in [0.15, 0.2) is 58.0 Å². The zero-order valence-electron chi connectivity index (χ0n) is 16.5. The largest absolute Gasteiger partial charge is 0.377 e. The normalized spacial score (nSPS) is 16.6. The number of H-pyrrole nitrogens is 1. The molecule has 0 amide bonds. The molecule has 1 N–H and O–H groups in total. The van der Waals surface area contributed by atoms with E-state index in [4.69, 9.17) is 9.72 Å². The zero-order chi connectivity index (χ0) is 20.3. The third kappa shape index (κ3) is 4.25. The van der Waals surface area contributed by atoms with E-state index in [0.717, 1.165) is 48.5 Å². The summed E-state index contributed by atoms with van der Waals surface area (Å²) in [6, 6.07) is 14.2. The molecule has 1 aliphatic rings. The van der Waals surface area contributed by atoms with Crippen molar-refractivity contribution in [2.24, 2.45) is 0 Å². The van der Waals surface area contributed by atoms with E-state index in [1.165, 1.54) is 16.2 Å². The molecular weight excluding hydrogens is 414 g/mol. The van der Waals surface area contributed by atoms with Crippen molar-refractivity contribution in [3.8, 4) is 11.1 Å². The van der Waals surface area contributed by atoms with Gasteiger partial charge in [0.05, 0.1) is 18.0 Å². The van der Waals surface area contributed by atoms with Gasteiger partial charge in [-0.1, -0.05) is 36.4 Å². The van der Waals surface area contributed by atoms with Crippen molar-refractivity contribution in [1.29, 1.82) is 0 Å². The van der Waals surface area contributed by atoms with Crippen LogP contribution < -0.4 is 5.56 Å². The van der Waals surface area contributed by atoms with E-state index in [1.807, 2.05) is 35.7 Å². The predicted octanol–water partition coefficient (Wildman–Crippen LogP) is 4.89. The maximum atomic E-state index is 13.0. The molecule has 0 aliphatic carbocycles. The van der Waals surface area contributed by atoms with Crippen LogP contribution in [-0.2, 0) is 17.8 Å². The molecule has 7 heteroatoms. The standard InChI is InChI=1S/C23H23N3O2S2/c27-22-21-19(16-6-2-1-3-7-16)15-30-23(21)25-20(24-22)14-26(12-17-8-4-10-28-17)13-18-9-5-11-29-18/h1-3,5-7,9,11,15,17H,4,8,10,12-14H2,(H,24,25,27)/t17-/m0/s1. The van der Waals surface area contributed by atoms with Gasteiger partial charge in [0.15, 0.2) is 0 Å². The lowest BCUT2D eigenvalue weighted by molar-refractivity contribution is 0.0674. The fourth-order valence-electron chi connectivity index (χ4n) is 3.99. The van der Waals surface area contributed by atoms with Crippen LogP contribution in [0.5, 0.6) is 0 Å². The number of hydrogen-bond donors (Lipinski definition) is 1. The molecule has 5 rings (SSSR count). The maximum Gasteiger partial charge on any atom is 0.260 e. The molecule has 1 saturated heterocycles. The van der Waals surface area contributed by atoms with E-state index >= 15 is 0 Å². The number of rotatable bonds is 7. The minimum Gasteiger partial charge on any atom is -0.377 e. The first-order valence-electron chi connectivity index (χ1n) is 10.2. The Balaban J connectivity index is 1.43. The zero-order valence-corrected chi connectivity index (χ0v) is 18.2. The Bertz CT molecular complexity index is 1160. The molecule has 0 saturated carbocycles. The highest BCUT2D eigenvalue weighted by Gasteiger charge is 2.21. The molecule has 154 valence electrons. The first-order valence-corrected chi connectivity index (χ1v) is 11.9. The van der Waals surface area contributed by atoms with Gasteiger partial charge >= 0.3 is 0 Å². The number of ether oxygens (including phenoxy) is 1. The van der Waals surface area contributed by atoms with Crippen LogP contribution in [0, 0.1) is 0 Å². The molecule has 1 atom stereocenters. The summed E-state index contributed by atoms with van der Waals surface area (Å²) in [5.74, 6) is 0.712. The molecule has 1 fully saturated rings. The Labute approximate surface area is 183 Å². The van der Waals surface area contributed by atoms with Gasteiger partial charge in [-0.25, -0.2) is 4.98 Å². The molecule has 1 aromatic carbocycles. The summed E-state index contributed by atoms with van der Waals surface area (Å²) in [5.41, 5.74) is 1.93. The molecule has 3 aromatic heterocycles. The molecule has 0 bridgehead atoms. The summed E-state index contributed by atoms with van der Waals surface area (Å²) < 4.78 is 5.86. The number of nitrogens with zero attached hydrogens (tertiary/aromatic N) is 2. The van der Waals surface area contributed by atoms with Gasteiger partial charge in [0.1, 0.15) is 10.7 Å². The van der Waals surface area contributed by atoms with Crippen LogP contribution in [0.1, 0.15) is 23.5 Å². The van der Waals surface area contributed by atoms with Gasteiger partial charge in [0, 0.05) is 35.5 Å². The highest BCUT2D eigenvalue weighted by Crippen LogP contribution is 2.30. The summed E-state index contributed by atoms with van der Waals surface area (Å²) >= 11 is 3.28. The Kier molecular flexibility index (Phi) is 5.77. The first kappa shape index (κ1) is 19.6. The predicted molar refractivity (Wildman–Crippen MR) is 123 cm³/mol. The van der Waals surface area contributed by atoms with Gasteiger partial charge in [-0.15, -0.1) is 22.7 Å². The Morgan fingerprint density at radius 1 is 1.13 bits per heavy atom. The van der Waals surface area contributed by atoms with E-state index in [-0.39, 0.29) is 11.7 Å². The van der Waals surface area contributed by atoms with Crippen molar-refractivity contribution in [3.63, 3.8) is 0 Å². The first-order chi connectivity index (χ1) is 14.8. The van der Waals surface area contributed by atoms with Gasteiger partial charge in [0.25, 0.3) is 5.56 Å². The molecule has 0 radical (unpaired) electrons. The van der Waals surface area contributed by atoms with Crippen LogP contribution >= 0.6 is 22.7 Å². The minimum absolute atomic E-state index is 0.0664. The molecule has 4 heterocycles. The lowest BCUT2D eigenvalue weighted by Crippen LogP contribution is -2.32. The number of aromatic nitrogens is 2. The molecule has 30 heavy (non-hydrogen) atoms. The van der Waals surface area contributed by atoms with Crippen LogP contribution in [0.2, 0.25) is 0 Å². The molecule has 0 spiro atoms. The molecule has 5 nitrogen and oxygen atoms in total. The SMILES string of the molecule is O=c1[nH]c(CN(Cc2cccs2)C[C@@H]2CCCO2)nc2scc(-c3ccccc3)c12. The quantitative estimate of drug-likeness (QED) is 0.447. The number of thiophene rings is 2. The van der Waals surface area contributed by atoms with E-state index in [0.29, 0.717) is 17.8 Å². The van der Waals surface area contributed by atoms with E-state index < -0.39 is 0 Å². The van der Waals surface area contributed by atoms with Gasteiger partial charge in [0.2, 0.25) is 0 Å². The van der Waals surface area contributed by atoms with Gasteiger partial charge in [-0.3, -0.25) is 9.69 Å². The number of nitrogens with one attached hydrogen (secondary N) is 1.